The molecule has 1 fully saturated rings. The number of amides is 4. The van der Waals surface area contributed by atoms with Gasteiger partial charge >= 0.3 is 6.09 Å². The van der Waals surface area contributed by atoms with Crippen molar-refractivity contribution in [3.63, 3.8) is 0 Å². The molecular formula is C35H53N5O9S. The van der Waals surface area contributed by atoms with Crippen molar-refractivity contribution in [3.8, 4) is 10.4 Å². The number of alkyl carbamates (subject to hydrolysis) is 1. The summed E-state index contributed by atoms with van der Waals surface area (Å²) in [7, 11) is 0. The van der Waals surface area contributed by atoms with E-state index in [0.29, 0.717) is 26.4 Å². The van der Waals surface area contributed by atoms with E-state index in [4.69, 9.17) is 18.9 Å². The molecule has 0 saturated carbocycles. The standard InChI is InChI=1S/C35H53N5O9S/c1-23-29(50-22-38-23)25-10-8-24(9-11-25)19-37-31(43)27-18-26(41)20-40(27)32(44)30(34(2,3)4)39-28(42)21-48-17-16-47-15-14-46-13-12-36-33(45)49-35(5,6)7/h8-11,22,26-27,30,41H,12-21H2,1-7H3,(H,36,45)(H,37,43)(H,39,42)/t26-,27?,30-/m1/s1. The molecule has 1 aliphatic heterocycles. The van der Waals surface area contributed by atoms with Gasteiger partial charge in [-0.15, -0.1) is 11.3 Å². The third-order valence-electron chi connectivity index (χ3n) is 7.60. The normalized spacial score (nSPS) is 16.9. The van der Waals surface area contributed by atoms with Crippen molar-refractivity contribution in [2.45, 2.75) is 85.2 Å². The Labute approximate surface area is 298 Å². The van der Waals surface area contributed by atoms with E-state index in [0.717, 1.165) is 21.7 Å². The number of nitrogens with one attached hydrogen (secondary N) is 3. The van der Waals surface area contributed by atoms with Gasteiger partial charge in [-0.2, -0.15) is 0 Å². The summed E-state index contributed by atoms with van der Waals surface area (Å²) >= 11 is 1.57. The summed E-state index contributed by atoms with van der Waals surface area (Å²) in [5.41, 5.74) is 3.46. The number of aliphatic hydroxyl groups excluding tert-OH is 1. The molecule has 0 aliphatic carbocycles. The van der Waals surface area contributed by atoms with Gasteiger partial charge in [0.05, 0.1) is 55.2 Å². The molecular weight excluding hydrogens is 666 g/mol. The zero-order chi connectivity index (χ0) is 36.9. The lowest BCUT2D eigenvalue weighted by Gasteiger charge is -2.35. The number of rotatable bonds is 17. The zero-order valence-electron chi connectivity index (χ0n) is 30.2. The summed E-state index contributed by atoms with van der Waals surface area (Å²) in [6.07, 6.45) is -1.27. The second-order valence-electron chi connectivity index (χ2n) is 14.2. The molecule has 4 amide bonds. The number of hydrogen-bond acceptors (Lipinski definition) is 11. The minimum atomic E-state index is -0.958. The van der Waals surface area contributed by atoms with Crippen LogP contribution in [0.15, 0.2) is 29.8 Å². The molecule has 1 aromatic carbocycles. The minimum Gasteiger partial charge on any atom is -0.444 e. The van der Waals surface area contributed by atoms with E-state index in [1.807, 2.05) is 57.5 Å². The predicted molar refractivity (Wildman–Crippen MR) is 188 cm³/mol. The van der Waals surface area contributed by atoms with Gasteiger partial charge in [0.15, 0.2) is 0 Å². The molecule has 50 heavy (non-hydrogen) atoms. The lowest BCUT2D eigenvalue weighted by atomic mass is 9.85. The first-order valence-electron chi connectivity index (χ1n) is 16.8. The quantitative estimate of drug-likeness (QED) is 0.178. The fourth-order valence-electron chi connectivity index (χ4n) is 5.13. The van der Waals surface area contributed by atoms with Crippen LogP contribution in [0, 0.1) is 12.3 Å². The molecule has 15 heteroatoms. The summed E-state index contributed by atoms with van der Waals surface area (Å²) in [5.74, 6) is -1.31. The summed E-state index contributed by atoms with van der Waals surface area (Å²) in [4.78, 5) is 58.2. The Kier molecular flexibility index (Phi) is 15.6. The highest BCUT2D eigenvalue weighted by atomic mass is 32.1. The fourth-order valence-corrected chi connectivity index (χ4v) is 5.94. The summed E-state index contributed by atoms with van der Waals surface area (Å²) in [6.45, 7) is 14.3. The smallest absolute Gasteiger partial charge is 0.407 e. The largest absolute Gasteiger partial charge is 0.444 e. The molecule has 0 bridgehead atoms. The Morgan fingerprint density at radius 3 is 2.20 bits per heavy atom. The topological polar surface area (TPSA) is 178 Å². The first-order valence-corrected chi connectivity index (χ1v) is 17.7. The van der Waals surface area contributed by atoms with Gasteiger partial charge in [0, 0.05) is 26.1 Å². The number of aryl methyl sites for hydroxylation is 1. The Morgan fingerprint density at radius 2 is 1.60 bits per heavy atom. The Hall–Kier alpha value is -3.63. The summed E-state index contributed by atoms with van der Waals surface area (Å²) in [6, 6.07) is 6.01. The number of carbonyl (C=O) groups is 4. The van der Waals surface area contributed by atoms with Crippen LogP contribution in [0.3, 0.4) is 0 Å². The van der Waals surface area contributed by atoms with Gasteiger partial charge < -0.3 is 44.9 Å². The van der Waals surface area contributed by atoms with Crippen LogP contribution in [0.4, 0.5) is 4.79 Å². The lowest BCUT2D eigenvalue weighted by molar-refractivity contribution is -0.144. The van der Waals surface area contributed by atoms with Gasteiger partial charge in [0.1, 0.15) is 24.3 Å². The maximum absolute atomic E-state index is 13.8. The van der Waals surface area contributed by atoms with Gasteiger partial charge in [-0.25, -0.2) is 9.78 Å². The molecule has 3 atom stereocenters. The van der Waals surface area contributed by atoms with E-state index in [9.17, 15) is 24.3 Å². The van der Waals surface area contributed by atoms with Gasteiger partial charge in [-0.3, -0.25) is 14.4 Å². The van der Waals surface area contributed by atoms with Gasteiger partial charge in [-0.1, -0.05) is 45.0 Å². The van der Waals surface area contributed by atoms with E-state index in [1.165, 1.54) is 4.90 Å². The molecule has 2 heterocycles. The highest BCUT2D eigenvalue weighted by molar-refractivity contribution is 7.13. The van der Waals surface area contributed by atoms with Gasteiger partial charge in [0.2, 0.25) is 17.7 Å². The number of benzene rings is 1. The highest BCUT2D eigenvalue weighted by Gasteiger charge is 2.44. The molecule has 1 aliphatic rings. The van der Waals surface area contributed by atoms with E-state index < -0.39 is 47.1 Å². The van der Waals surface area contributed by atoms with Crippen molar-refractivity contribution in [1.29, 1.82) is 0 Å². The number of ether oxygens (including phenoxy) is 4. The second-order valence-corrected chi connectivity index (χ2v) is 15.0. The number of hydrogen-bond donors (Lipinski definition) is 4. The third kappa shape index (κ3) is 13.6. The van der Waals surface area contributed by atoms with Gasteiger partial charge in [0.25, 0.3) is 0 Å². The van der Waals surface area contributed by atoms with Crippen molar-refractivity contribution < 1.29 is 43.2 Å². The van der Waals surface area contributed by atoms with Crippen LogP contribution >= 0.6 is 11.3 Å². The van der Waals surface area contributed by atoms with Crippen LogP contribution in [0.2, 0.25) is 0 Å². The highest BCUT2D eigenvalue weighted by Crippen LogP contribution is 2.28. The van der Waals surface area contributed by atoms with Crippen LogP contribution in [0.1, 0.15) is 59.2 Å². The molecule has 0 radical (unpaired) electrons. The maximum atomic E-state index is 13.8. The van der Waals surface area contributed by atoms with E-state index in [-0.39, 0.29) is 45.2 Å². The van der Waals surface area contributed by atoms with E-state index in [1.54, 1.807) is 32.1 Å². The Morgan fingerprint density at radius 1 is 0.960 bits per heavy atom. The van der Waals surface area contributed by atoms with E-state index >= 15 is 0 Å². The minimum absolute atomic E-state index is 0.0138. The molecule has 4 N–H and O–H groups in total. The summed E-state index contributed by atoms with van der Waals surface area (Å²) in [5, 5.41) is 18.7. The number of β-amino-alcohol motifs (C(OH)–C–C–N with tert-alkyl or cyclic N) is 1. The lowest BCUT2D eigenvalue weighted by Crippen LogP contribution is -2.58. The monoisotopic (exact) mass is 719 g/mol. The number of aliphatic hydroxyl groups is 1. The number of aromatic nitrogens is 1. The average molecular weight is 720 g/mol. The van der Waals surface area contributed by atoms with Gasteiger partial charge in [-0.05, 0) is 44.2 Å². The van der Waals surface area contributed by atoms with Crippen molar-refractivity contribution in [3.05, 3.63) is 41.0 Å². The summed E-state index contributed by atoms with van der Waals surface area (Å²) < 4.78 is 21.4. The van der Waals surface area contributed by atoms with Crippen LogP contribution in [0.25, 0.3) is 10.4 Å². The third-order valence-corrected chi connectivity index (χ3v) is 8.58. The number of nitrogens with zero attached hydrogens (tertiary/aromatic N) is 2. The molecule has 3 rings (SSSR count). The first kappa shape index (κ1) is 40.8. The van der Waals surface area contributed by atoms with Crippen LogP contribution in [-0.4, -0.2) is 115 Å². The van der Waals surface area contributed by atoms with Crippen LogP contribution < -0.4 is 16.0 Å². The molecule has 1 saturated heterocycles. The molecule has 14 nitrogen and oxygen atoms in total. The van der Waals surface area contributed by atoms with Crippen LogP contribution in [0.5, 0.6) is 0 Å². The SMILES string of the molecule is Cc1ncsc1-c1ccc(CNC(=O)C2C[C@@H](O)CN2C(=O)[C@@H](NC(=O)COCCOCCOCCNC(=O)OC(C)(C)C)C(C)(C)C)cc1. The van der Waals surface area contributed by atoms with Crippen molar-refractivity contribution in [2.75, 3.05) is 52.7 Å². The average Bonchev–Trinajstić information content (AvgIpc) is 3.65. The zero-order valence-corrected chi connectivity index (χ0v) is 31.0. The van der Waals surface area contributed by atoms with Crippen molar-refractivity contribution in [2.24, 2.45) is 5.41 Å². The first-order chi connectivity index (χ1) is 23.5. The fraction of sp³-hybridized carbons (Fsp3) is 0.629. The van der Waals surface area contributed by atoms with Crippen molar-refractivity contribution >= 4 is 35.2 Å². The molecule has 1 aromatic heterocycles. The molecule has 0 spiro atoms. The number of carbonyl (C=O) groups excluding carboxylic acids is 4. The molecule has 2 aromatic rings. The van der Waals surface area contributed by atoms with Crippen LogP contribution in [-0.2, 0) is 39.9 Å². The maximum Gasteiger partial charge on any atom is 0.407 e. The predicted octanol–water partition coefficient (Wildman–Crippen LogP) is 2.80. The van der Waals surface area contributed by atoms with Crippen molar-refractivity contribution in [1.82, 2.24) is 25.8 Å². The Bertz CT molecular complexity index is 1400. The number of thiazole rings is 1. The molecule has 1 unspecified atom stereocenters. The van der Waals surface area contributed by atoms with E-state index in [2.05, 4.69) is 20.9 Å². The second kappa shape index (κ2) is 19.1. The Balaban J connectivity index is 1.39. The number of likely N-dealkylation sites (tertiary alicyclic amines) is 1. The molecule has 278 valence electrons.